The smallest absolute Gasteiger partial charge is 0.306 e. The summed E-state index contributed by atoms with van der Waals surface area (Å²) in [6.45, 7) is 0.907. The Labute approximate surface area is 184 Å². The minimum atomic E-state index is -0.324. The van der Waals surface area contributed by atoms with E-state index in [2.05, 4.69) is 5.32 Å². The van der Waals surface area contributed by atoms with E-state index in [9.17, 15) is 9.59 Å². The Balaban J connectivity index is 1.38. The van der Waals surface area contributed by atoms with Gasteiger partial charge in [0.2, 0.25) is 5.91 Å². The van der Waals surface area contributed by atoms with E-state index in [0.29, 0.717) is 19.6 Å². The van der Waals surface area contributed by atoms with Crippen LogP contribution in [0.2, 0.25) is 0 Å². The number of rotatable bonds is 11. The molecule has 0 spiro atoms. The van der Waals surface area contributed by atoms with Crippen molar-refractivity contribution in [3.05, 3.63) is 108 Å². The standard InChI is InChI=1S/C27H29NO3/c29-25(31-21-22-13-5-1-6-14-22)19-11-4-12-20-28-27(30)26(23-15-7-2-8-16-23)24-17-9-3-10-18-24/h1-3,5-10,13-18,26H,4,11-12,19-21H2,(H,28,30). The first-order valence-corrected chi connectivity index (χ1v) is 10.8. The lowest BCUT2D eigenvalue weighted by atomic mass is 9.90. The van der Waals surface area contributed by atoms with E-state index < -0.39 is 0 Å². The first kappa shape index (κ1) is 22.3. The molecule has 0 aliphatic rings. The summed E-state index contributed by atoms with van der Waals surface area (Å²) in [6, 6.07) is 29.3. The Bertz CT molecular complexity index is 887. The van der Waals surface area contributed by atoms with E-state index in [0.717, 1.165) is 36.0 Å². The monoisotopic (exact) mass is 415 g/mol. The lowest BCUT2D eigenvalue weighted by Crippen LogP contribution is -2.30. The third-order valence-corrected chi connectivity index (χ3v) is 5.13. The summed E-state index contributed by atoms with van der Waals surface area (Å²) < 4.78 is 5.29. The van der Waals surface area contributed by atoms with Crippen LogP contribution in [0, 0.1) is 0 Å². The molecule has 0 radical (unpaired) electrons. The zero-order valence-electron chi connectivity index (χ0n) is 17.7. The molecule has 0 saturated heterocycles. The number of benzene rings is 3. The lowest BCUT2D eigenvalue weighted by molar-refractivity contribution is -0.145. The fraction of sp³-hybridized carbons (Fsp3) is 0.259. The second kappa shape index (κ2) is 12.3. The number of amides is 1. The molecule has 3 aromatic rings. The van der Waals surface area contributed by atoms with Crippen LogP contribution in [0.3, 0.4) is 0 Å². The molecule has 3 aromatic carbocycles. The summed E-state index contributed by atoms with van der Waals surface area (Å²) in [5.74, 6) is -0.504. The van der Waals surface area contributed by atoms with Gasteiger partial charge in [0.15, 0.2) is 0 Å². The van der Waals surface area contributed by atoms with Crippen LogP contribution in [0.5, 0.6) is 0 Å². The highest BCUT2D eigenvalue weighted by molar-refractivity contribution is 5.87. The normalized spacial score (nSPS) is 10.6. The Morgan fingerprint density at radius 1 is 0.710 bits per heavy atom. The summed E-state index contributed by atoms with van der Waals surface area (Å²) in [7, 11) is 0. The van der Waals surface area contributed by atoms with Gasteiger partial charge in [0, 0.05) is 13.0 Å². The Hall–Kier alpha value is -3.40. The minimum Gasteiger partial charge on any atom is -0.461 e. The van der Waals surface area contributed by atoms with E-state index in [-0.39, 0.29) is 17.8 Å². The van der Waals surface area contributed by atoms with Gasteiger partial charge in [-0.15, -0.1) is 0 Å². The van der Waals surface area contributed by atoms with Gasteiger partial charge in [-0.1, -0.05) is 97.4 Å². The van der Waals surface area contributed by atoms with Gasteiger partial charge in [-0.05, 0) is 29.5 Å². The number of hydrogen-bond acceptors (Lipinski definition) is 3. The van der Waals surface area contributed by atoms with Crippen molar-refractivity contribution in [1.29, 1.82) is 0 Å². The highest BCUT2D eigenvalue weighted by atomic mass is 16.5. The van der Waals surface area contributed by atoms with Gasteiger partial charge in [-0.2, -0.15) is 0 Å². The molecule has 0 heterocycles. The van der Waals surface area contributed by atoms with Crippen molar-refractivity contribution in [1.82, 2.24) is 5.32 Å². The van der Waals surface area contributed by atoms with Crippen molar-refractivity contribution < 1.29 is 14.3 Å². The number of unbranched alkanes of at least 4 members (excludes halogenated alkanes) is 2. The highest BCUT2D eigenvalue weighted by Gasteiger charge is 2.21. The predicted molar refractivity (Wildman–Crippen MR) is 122 cm³/mol. The molecule has 160 valence electrons. The van der Waals surface area contributed by atoms with Crippen LogP contribution in [0.15, 0.2) is 91.0 Å². The van der Waals surface area contributed by atoms with E-state index in [1.165, 1.54) is 0 Å². The van der Waals surface area contributed by atoms with Crippen LogP contribution < -0.4 is 5.32 Å². The van der Waals surface area contributed by atoms with Gasteiger partial charge >= 0.3 is 5.97 Å². The number of hydrogen-bond donors (Lipinski definition) is 1. The summed E-state index contributed by atoms with van der Waals surface area (Å²) >= 11 is 0. The minimum absolute atomic E-state index is 0.000305. The maximum atomic E-state index is 12.9. The fourth-order valence-electron chi connectivity index (χ4n) is 3.48. The van der Waals surface area contributed by atoms with Crippen molar-refractivity contribution >= 4 is 11.9 Å². The zero-order valence-corrected chi connectivity index (χ0v) is 17.7. The number of esters is 1. The predicted octanol–water partition coefficient (Wildman–Crippen LogP) is 5.24. The number of carbonyl (C=O) groups is 2. The quantitative estimate of drug-likeness (QED) is 0.344. The Kier molecular flexibility index (Phi) is 8.87. The van der Waals surface area contributed by atoms with Crippen molar-refractivity contribution in [3.63, 3.8) is 0 Å². The van der Waals surface area contributed by atoms with E-state index >= 15 is 0 Å². The van der Waals surface area contributed by atoms with Gasteiger partial charge in [-0.3, -0.25) is 9.59 Å². The van der Waals surface area contributed by atoms with Gasteiger partial charge in [0.05, 0.1) is 5.92 Å². The summed E-state index contributed by atoms with van der Waals surface area (Å²) in [4.78, 5) is 24.8. The topological polar surface area (TPSA) is 55.4 Å². The van der Waals surface area contributed by atoms with E-state index in [1.54, 1.807) is 0 Å². The summed E-state index contributed by atoms with van der Waals surface area (Å²) in [5.41, 5.74) is 2.95. The molecule has 3 rings (SSSR count). The SMILES string of the molecule is O=C(CCCCCNC(=O)C(c1ccccc1)c1ccccc1)OCc1ccccc1. The molecule has 0 aliphatic heterocycles. The van der Waals surface area contributed by atoms with Crippen LogP contribution in [-0.2, 0) is 20.9 Å². The van der Waals surface area contributed by atoms with Crippen LogP contribution >= 0.6 is 0 Å². The lowest BCUT2D eigenvalue weighted by Gasteiger charge is -2.18. The van der Waals surface area contributed by atoms with Gasteiger partial charge in [-0.25, -0.2) is 0 Å². The van der Waals surface area contributed by atoms with E-state index in [1.807, 2.05) is 91.0 Å². The zero-order chi connectivity index (χ0) is 21.7. The van der Waals surface area contributed by atoms with Crippen LogP contribution in [0.25, 0.3) is 0 Å². The van der Waals surface area contributed by atoms with Crippen molar-refractivity contribution in [3.8, 4) is 0 Å². The van der Waals surface area contributed by atoms with E-state index in [4.69, 9.17) is 4.74 Å². The van der Waals surface area contributed by atoms with Crippen LogP contribution in [0.4, 0.5) is 0 Å². The second-order valence-corrected chi connectivity index (χ2v) is 7.50. The molecule has 0 unspecified atom stereocenters. The third kappa shape index (κ3) is 7.41. The van der Waals surface area contributed by atoms with Gasteiger partial charge in [0.25, 0.3) is 0 Å². The average molecular weight is 416 g/mol. The Morgan fingerprint density at radius 2 is 1.26 bits per heavy atom. The summed E-state index contributed by atoms with van der Waals surface area (Å²) in [6.07, 6.45) is 2.85. The fourth-order valence-corrected chi connectivity index (χ4v) is 3.48. The van der Waals surface area contributed by atoms with Crippen molar-refractivity contribution in [2.75, 3.05) is 6.54 Å². The van der Waals surface area contributed by atoms with Crippen molar-refractivity contribution in [2.24, 2.45) is 0 Å². The molecule has 0 fully saturated rings. The molecule has 0 saturated carbocycles. The summed E-state index contributed by atoms with van der Waals surface area (Å²) in [5, 5.41) is 3.06. The molecule has 0 atom stereocenters. The number of carbonyl (C=O) groups excluding carboxylic acids is 2. The van der Waals surface area contributed by atoms with Gasteiger partial charge < -0.3 is 10.1 Å². The molecule has 0 bridgehead atoms. The third-order valence-electron chi connectivity index (χ3n) is 5.13. The molecule has 4 heteroatoms. The Morgan fingerprint density at radius 3 is 1.84 bits per heavy atom. The maximum absolute atomic E-state index is 12.9. The molecule has 4 nitrogen and oxygen atoms in total. The first-order valence-electron chi connectivity index (χ1n) is 10.8. The number of nitrogens with one attached hydrogen (secondary N) is 1. The maximum Gasteiger partial charge on any atom is 0.306 e. The molecule has 31 heavy (non-hydrogen) atoms. The average Bonchev–Trinajstić information content (AvgIpc) is 2.82. The molecule has 0 aromatic heterocycles. The van der Waals surface area contributed by atoms with Crippen LogP contribution in [0.1, 0.15) is 48.3 Å². The van der Waals surface area contributed by atoms with Crippen molar-refractivity contribution in [2.45, 2.75) is 38.2 Å². The molecule has 0 aliphatic carbocycles. The van der Waals surface area contributed by atoms with Crippen LogP contribution in [-0.4, -0.2) is 18.4 Å². The molecular weight excluding hydrogens is 386 g/mol. The molecule has 1 N–H and O–H groups in total. The molecular formula is C27H29NO3. The first-order chi connectivity index (χ1) is 15.2. The largest absolute Gasteiger partial charge is 0.461 e. The highest BCUT2D eigenvalue weighted by Crippen LogP contribution is 2.24. The second-order valence-electron chi connectivity index (χ2n) is 7.50. The van der Waals surface area contributed by atoms with Gasteiger partial charge in [0.1, 0.15) is 6.61 Å². The number of ether oxygens (including phenoxy) is 1. The molecule has 1 amide bonds.